The van der Waals surface area contributed by atoms with Crippen LogP contribution < -0.4 is 15.5 Å². The van der Waals surface area contributed by atoms with E-state index in [1.807, 2.05) is 25.1 Å². The Morgan fingerprint density at radius 2 is 2.00 bits per heavy atom. The van der Waals surface area contributed by atoms with Crippen LogP contribution in [0.2, 0.25) is 0 Å². The van der Waals surface area contributed by atoms with E-state index in [1.165, 1.54) is 25.2 Å². The lowest BCUT2D eigenvalue weighted by atomic mass is 10.2. The van der Waals surface area contributed by atoms with Crippen molar-refractivity contribution in [3.63, 3.8) is 0 Å². The summed E-state index contributed by atoms with van der Waals surface area (Å²) in [5, 5.41) is 14.8. The Labute approximate surface area is 157 Å². The van der Waals surface area contributed by atoms with Crippen molar-refractivity contribution in [2.24, 2.45) is 0 Å². The molecule has 1 aliphatic rings. The molecule has 27 heavy (non-hydrogen) atoms. The molecule has 2 aromatic rings. The van der Waals surface area contributed by atoms with Gasteiger partial charge in [0.25, 0.3) is 0 Å². The summed E-state index contributed by atoms with van der Waals surface area (Å²) < 4.78 is 0. The summed E-state index contributed by atoms with van der Waals surface area (Å²) in [6.07, 6.45) is 5.18. The number of hydrogen-bond acceptors (Lipinski definition) is 6. The van der Waals surface area contributed by atoms with Gasteiger partial charge in [0.15, 0.2) is 5.69 Å². The van der Waals surface area contributed by atoms with E-state index < -0.39 is 5.97 Å². The van der Waals surface area contributed by atoms with Crippen molar-refractivity contribution in [1.29, 1.82) is 0 Å². The van der Waals surface area contributed by atoms with Crippen LogP contribution in [-0.2, 0) is 4.79 Å². The highest BCUT2D eigenvalue weighted by molar-refractivity contribution is 5.91. The van der Waals surface area contributed by atoms with Gasteiger partial charge in [0.2, 0.25) is 5.91 Å². The number of nitrogens with one attached hydrogen (secondary N) is 2. The third kappa shape index (κ3) is 5.16. The number of benzene rings is 1. The van der Waals surface area contributed by atoms with Crippen LogP contribution in [0.15, 0.2) is 36.7 Å². The number of rotatable bonds is 7. The van der Waals surface area contributed by atoms with Crippen LogP contribution in [-0.4, -0.2) is 46.1 Å². The van der Waals surface area contributed by atoms with Crippen molar-refractivity contribution in [2.45, 2.75) is 32.2 Å². The smallest absolute Gasteiger partial charge is 0.356 e. The van der Waals surface area contributed by atoms with Gasteiger partial charge in [-0.05, 0) is 38.0 Å². The third-order valence-electron chi connectivity index (χ3n) is 4.36. The minimum atomic E-state index is -1.13. The monoisotopic (exact) mass is 369 g/mol. The van der Waals surface area contributed by atoms with Gasteiger partial charge in [0.05, 0.1) is 12.4 Å². The minimum absolute atomic E-state index is 0.108. The number of anilines is 3. The van der Waals surface area contributed by atoms with Crippen molar-refractivity contribution in [3.8, 4) is 0 Å². The third-order valence-corrected chi connectivity index (χ3v) is 4.36. The number of carboxylic acid groups (broad SMARTS) is 1. The second-order valence-electron chi connectivity index (χ2n) is 6.63. The molecule has 1 unspecified atom stereocenters. The first-order valence-corrected chi connectivity index (χ1v) is 8.98. The first-order chi connectivity index (χ1) is 13.0. The van der Waals surface area contributed by atoms with Crippen LogP contribution in [0, 0.1) is 0 Å². The Balaban J connectivity index is 1.52. The highest BCUT2D eigenvalue weighted by atomic mass is 16.4. The van der Waals surface area contributed by atoms with Crippen LogP contribution in [0.4, 0.5) is 17.2 Å². The molecule has 3 rings (SSSR count). The zero-order chi connectivity index (χ0) is 19.2. The van der Waals surface area contributed by atoms with Crippen molar-refractivity contribution in [1.82, 2.24) is 9.97 Å². The number of nitrogens with zero attached hydrogens (tertiary/aromatic N) is 3. The molecule has 0 saturated carbocycles. The summed E-state index contributed by atoms with van der Waals surface area (Å²) in [5.74, 6) is -0.808. The fourth-order valence-electron chi connectivity index (χ4n) is 3.06. The number of aromatic carboxylic acids is 1. The van der Waals surface area contributed by atoms with Crippen molar-refractivity contribution >= 4 is 29.1 Å². The molecule has 8 heteroatoms. The maximum Gasteiger partial charge on any atom is 0.356 e. The van der Waals surface area contributed by atoms with Gasteiger partial charge in [-0.25, -0.2) is 14.8 Å². The first-order valence-electron chi connectivity index (χ1n) is 8.98. The standard InChI is InChI=1S/C19H23N5O3/c1-13(22-17-12-20-16(11-21-17)19(26)27)9-18(25)23-14-5-4-6-15(10-14)24-7-2-3-8-24/h4-6,10-13H,2-3,7-9H2,1H3,(H,21,22)(H,23,25)(H,26,27). The zero-order valence-corrected chi connectivity index (χ0v) is 15.2. The highest BCUT2D eigenvalue weighted by Crippen LogP contribution is 2.23. The Kier molecular flexibility index (Phi) is 5.85. The maximum absolute atomic E-state index is 12.3. The Hall–Kier alpha value is -3.16. The van der Waals surface area contributed by atoms with E-state index in [0.29, 0.717) is 5.82 Å². The van der Waals surface area contributed by atoms with Crippen LogP contribution in [0.1, 0.15) is 36.7 Å². The SMILES string of the molecule is CC(CC(=O)Nc1cccc(N2CCCC2)c1)Nc1cnc(C(=O)O)cn1. The van der Waals surface area contributed by atoms with Gasteiger partial charge in [-0.3, -0.25) is 4.79 Å². The van der Waals surface area contributed by atoms with Crippen molar-refractivity contribution in [3.05, 3.63) is 42.4 Å². The molecule has 8 nitrogen and oxygen atoms in total. The van der Waals surface area contributed by atoms with Gasteiger partial charge in [-0.1, -0.05) is 6.07 Å². The number of amides is 1. The molecular formula is C19H23N5O3. The van der Waals surface area contributed by atoms with E-state index in [2.05, 4.69) is 31.6 Å². The van der Waals surface area contributed by atoms with Crippen LogP contribution in [0.25, 0.3) is 0 Å². The first kappa shape index (κ1) is 18.6. The van der Waals surface area contributed by atoms with E-state index in [-0.39, 0.29) is 24.1 Å². The summed E-state index contributed by atoms with van der Waals surface area (Å²) in [4.78, 5) is 33.2. The minimum Gasteiger partial charge on any atom is -0.476 e. The lowest BCUT2D eigenvalue weighted by molar-refractivity contribution is -0.116. The van der Waals surface area contributed by atoms with Gasteiger partial charge in [-0.2, -0.15) is 0 Å². The van der Waals surface area contributed by atoms with Crippen LogP contribution in [0.3, 0.4) is 0 Å². The lowest BCUT2D eigenvalue weighted by Gasteiger charge is -2.19. The van der Waals surface area contributed by atoms with E-state index in [0.717, 1.165) is 24.5 Å². The van der Waals surface area contributed by atoms with Gasteiger partial charge in [-0.15, -0.1) is 0 Å². The van der Waals surface area contributed by atoms with Crippen LogP contribution in [0.5, 0.6) is 0 Å². The molecule has 0 spiro atoms. The van der Waals surface area contributed by atoms with E-state index in [4.69, 9.17) is 5.11 Å². The summed E-state index contributed by atoms with van der Waals surface area (Å²) >= 11 is 0. The molecule has 1 aliphatic heterocycles. The Morgan fingerprint density at radius 1 is 1.22 bits per heavy atom. The summed E-state index contributed by atoms with van der Waals surface area (Å²) in [5.41, 5.74) is 1.79. The van der Waals surface area contributed by atoms with Gasteiger partial charge < -0.3 is 20.6 Å². The molecule has 1 aromatic heterocycles. The van der Waals surface area contributed by atoms with Gasteiger partial charge in [0, 0.05) is 36.9 Å². The second-order valence-corrected chi connectivity index (χ2v) is 6.63. The average molecular weight is 369 g/mol. The fourth-order valence-corrected chi connectivity index (χ4v) is 3.06. The largest absolute Gasteiger partial charge is 0.476 e. The normalized spacial score (nSPS) is 14.6. The van der Waals surface area contributed by atoms with E-state index in [9.17, 15) is 9.59 Å². The second kappa shape index (κ2) is 8.48. The fraction of sp³-hybridized carbons (Fsp3) is 0.368. The number of carbonyl (C=O) groups is 2. The summed E-state index contributed by atoms with van der Waals surface area (Å²) in [7, 11) is 0. The number of hydrogen-bond donors (Lipinski definition) is 3. The molecule has 1 fully saturated rings. The topological polar surface area (TPSA) is 107 Å². The molecule has 2 heterocycles. The molecule has 0 radical (unpaired) electrons. The average Bonchev–Trinajstić information content (AvgIpc) is 3.17. The quantitative estimate of drug-likeness (QED) is 0.688. The molecule has 1 saturated heterocycles. The zero-order valence-electron chi connectivity index (χ0n) is 15.2. The predicted molar refractivity (Wildman–Crippen MR) is 103 cm³/mol. The molecule has 0 bridgehead atoms. The number of carbonyl (C=O) groups excluding carboxylic acids is 1. The molecule has 3 N–H and O–H groups in total. The number of carboxylic acids is 1. The highest BCUT2D eigenvalue weighted by Gasteiger charge is 2.14. The molecule has 1 aromatic carbocycles. The maximum atomic E-state index is 12.3. The Morgan fingerprint density at radius 3 is 2.67 bits per heavy atom. The van der Waals surface area contributed by atoms with Crippen LogP contribution >= 0.6 is 0 Å². The molecular weight excluding hydrogens is 346 g/mol. The summed E-state index contributed by atoms with van der Waals surface area (Å²) in [6.45, 7) is 3.97. The van der Waals surface area contributed by atoms with E-state index in [1.54, 1.807) is 0 Å². The van der Waals surface area contributed by atoms with Gasteiger partial charge >= 0.3 is 5.97 Å². The lowest BCUT2D eigenvalue weighted by Crippen LogP contribution is -2.24. The molecule has 0 aliphatic carbocycles. The van der Waals surface area contributed by atoms with Crippen molar-refractivity contribution < 1.29 is 14.7 Å². The van der Waals surface area contributed by atoms with E-state index >= 15 is 0 Å². The van der Waals surface area contributed by atoms with Crippen molar-refractivity contribution in [2.75, 3.05) is 28.6 Å². The summed E-state index contributed by atoms with van der Waals surface area (Å²) in [6, 6.07) is 7.70. The van der Waals surface area contributed by atoms with Gasteiger partial charge in [0.1, 0.15) is 5.82 Å². The molecule has 1 amide bonds. The molecule has 142 valence electrons. The molecule has 1 atom stereocenters. The predicted octanol–water partition coefficient (Wildman–Crippen LogP) is 2.60. The number of aromatic nitrogens is 2. The Bertz CT molecular complexity index is 803.